The third kappa shape index (κ3) is 11.2. The van der Waals surface area contributed by atoms with Gasteiger partial charge in [-0.25, -0.2) is 0 Å². The monoisotopic (exact) mass is 849 g/mol. The largest absolute Gasteiger partial charge is 0.456 e. The van der Waals surface area contributed by atoms with Gasteiger partial charge in [-0.1, -0.05) is 158 Å². The van der Waals surface area contributed by atoms with Crippen molar-refractivity contribution in [1.82, 2.24) is 9.55 Å². The number of nitrogens with zero attached hydrogens (tertiary/aromatic N) is 1. The number of allylic oxidation sites excluding steroid dienone is 13. The van der Waals surface area contributed by atoms with E-state index in [1.165, 1.54) is 33.4 Å². The molecule has 4 nitrogen and oxygen atoms in total. The van der Waals surface area contributed by atoms with Crippen LogP contribution in [0.1, 0.15) is 104 Å². The van der Waals surface area contributed by atoms with Crippen molar-refractivity contribution in [2.45, 2.75) is 88.5 Å². The molecule has 1 N–H and O–H groups in total. The third-order valence-electron chi connectivity index (χ3n) is 10.7. The summed E-state index contributed by atoms with van der Waals surface area (Å²) in [6.45, 7) is 27.6. The molecule has 0 unspecified atom stereocenters. The molecular formula is C60H68N2O2. The van der Waals surface area contributed by atoms with Crippen LogP contribution in [0.2, 0.25) is 0 Å². The first-order chi connectivity index (χ1) is 31.4. The Balaban J connectivity index is 0.000000618. The lowest BCUT2D eigenvalue weighted by molar-refractivity contribution is 0.660. The maximum atomic E-state index is 13.8. The van der Waals surface area contributed by atoms with E-state index in [-0.39, 0.29) is 5.43 Å². The van der Waals surface area contributed by atoms with E-state index in [1.807, 2.05) is 121 Å². The molecule has 1 aliphatic rings. The van der Waals surface area contributed by atoms with Gasteiger partial charge in [0.2, 0.25) is 5.43 Å². The van der Waals surface area contributed by atoms with Gasteiger partial charge < -0.3 is 14.0 Å². The standard InChI is InChI=1S/C47H40N2O2.C7H10.3C2H6/c1-5-8-14-35(7-3)49-43-17-13-11-10-12-15-36(43)40-27-32(21-25-44(40)49)34-19-23-38-46(29-34)51-45-28-33(18-22-37(45)47(38)50)31-20-24-42-39(26-31)30(4)41(48-42)16-9-6-2;1-3-5-7-6-4-2;3*1-2/h5-9,12-13,15-29,48H,2,10-11,14H2,1,3-4H3;3-7H,1H2,2H3;3*1-2H3/b8-5-,15-12?,16-9-,17-13-,35-7+;6-4-,7-5-;;;. The Hall–Kier alpha value is -6.91. The molecule has 3 aromatic heterocycles. The lowest BCUT2D eigenvalue weighted by Crippen LogP contribution is -2.02. The third-order valence-corrected chi connectivity index (χ3v) is 10.7. The van der Waals surface area contributed by atoms with Crippen LogP contribution in [-0.2, 0) is 0 Å². The number of aromatic nitrogens is 2. The first-order valence-corrected chi connectivity index (χ1v) is 23.0. The van der Waals surface area contributed by atoms with Crippen molar-refractivity contribution in [3.63, 3.8) is 0 Å². The zero-order chi connectivity index (χ0) is 46.6. The van der Waals surface area contributed by atoms with Crippen LogP contribution in [0.4, 0.5) is 0 Å². The molecular weight excluding hydrogens is 781 g/mol. The number of nitrogens with one attached hydrogen (secondary N) is 1. The summed E-state index contributed by atoms with van der Waals surface area (Å²) in [5.74, 6) is 0. The molecule has 3 heterocycles. The van der Waals surface area contributed by atoms with E-state index in [0.717, 1.165) is 58.1 Å². The van der Waals surface area contributed by atoms with Gasteiger partial charge in [-0.2, -0.15) is 0 Å². The second-order valence-electron chi connectivity index (χ2n) is 14.3. The van der Waals surface area contributed by atoms with E-state index in [0.29, 0.717) is 21.9 Å². The summed E-state index contributed by atoms with van der Waals surface area (Å²) in [6.07, 6.45) is 33.8. The number of hydrogen-bond donors (Lipinski definition) is 1. The van der Waals surface area contributed by atoms with Crippen molar-refractivity contribution in [3.05, 3.63) is 192 Å². The number of rotatable bonds is 9. The minimum Gasteiger partial charge on any atom is -0.456 e. The second kappa shape index (κ2) is 25.3. The molecule has 64 heavy (non-hydrogen) atoms. The first-order valence-electron chi connectivity index (χ1n) is 23.0. The molecule has 0 aliphatic heterocycles. The fraction of sp³-hybridized carbons (Fsp3) is 0.217. The van der Waals surface area contributed by atoms with Crippen molar-refractivity contribution in [2.75, 3.05) is 0 Å². The van der Waals surface area contributed by atoms with Crippen LogP contribution >= 0.6 is 0 Å². The summed E-state index contributed by atoms with van der Waals surface area (Å²) in [5.41, 5.74) is 13.5. The number of H-pyrrole nitrogens is 1. The molecule has 0 atom stereocenters. The fourth-order valence-electron chi connectivity index (χ4n) is 7.65. The van der Waals surface area contributed by atoms with Gasteiger partial charge in [0.15, 0.2) is 0 Å². The molecule has 0 saturated heterocycles. The van der Waals surface area contributed by atoms with Gasteiger partial charge in [-0.3, -0.25) is 4.79 Å². The van der Waals surface area contributed by atoms with E-state index in [1.54, 1.807) is 12.2 Å². The van der Waals surface area contributed by atoms with Crippen LogP contribution in [0, 0.1) is 6.92 Å². The van der Waals surface area contributed by atoms with Crippen molar-refractivity contribution in [3.8, 4) is 22.3 Å². The Kier molecular flexibility index (Phi) is 19.6. The topological polar surface area (TPSA) is 50.9 Å². The van der Waals surface area contributed by atoms with Gasteiger partial charge >= 0.3 is 0 Å². The molecule has 4 aromatic carbocycles. The van der Waals surface area contributed by atoms with E-state index >= 15 is 0 Å². The van der Waals surface area contributed by atoms with Crippen LogP contribution < -0.4 is 5.43 Å². The second-order valence-corrected chi connectivity index (χ2v) is 14.3. The predicted molar refractivity (Wildman–Crippen MR) is 287 cm³/mol. The van der Waals surface area contributed by atoms with Gasteiger partial charge in [0, 0.05) is 39.7 Å². The Morgan fingerprint density at radius 1 is 0.672 bits per heavy atom. The smallest absolute Gasteiger partial charge is 0.200 e. The summed E-state index contributed by atoms with van der Waals surface area (Å²) < 4.78 is 8.94. The molecule has 0 bridgehead atoms. The lowest BCUT2D eigenvalue weighted by atomic mass is 9.99. The summed E-state index contributed by atoms with van der Waals surface area (Å²) >= 11 is 0. The van der Waals surface area contributed by atoms with Crippen molar-refractivity contribution >= 4 is 67.7 Å². The van der Waals surface area contributed by atoms with Crippen LogP contribution in [0.3, 0.4) is 0 Å². The highest BCUT2D eigenvalue weighted by Crippen LogP contribution is 2.37. The van der Waals surface area contributed by atoms with E-state index in [9.17, 15) is 4.79 Å². The zero-order valence-corrected chi connectivity index (χ0v) is 39.9. The molecule has 8 rings (SSSR count). The van der Waals surface area contributed by atoms with Gasteiger partial charge in [-0.15, -0.1) is 0 Å². The van der Waals surface area contributed by atoms with Crippen molar-refractivity contribution in [2.24, 2.45) is 0 Å². The van der Waals surface area contributed by atoms with E-state index in [2.05, 4.69) is 122 Å². The minimum absolute atomic E-state index is 0.0224. The van der Waals surface area contributed by atoms with Crippen LogP contribution in [0.15, 0.2) is 168 Å². The highest BCUT2D eigenvalue weighted by molar-refractivity contribution is 6.00. The number of aryl methyl sites for hydroxylation is 1. The molecule has 0 fully saturated rings. The number of benzene rings is 4. The van der Waals surface area contributed by atoms with Gasteiger partial charge in [0.05, 0.1) is 22.0 Å². The van der Waals surface area contributed by atoms with Gasteiger partial charge in [-0.05, 0) is 129 Å². The number of hydrogen-bond acceptors (Lipinski definition) is 2. The Bertz CT molecular complexity index is 2960. The highest BCUT2D eigenvalue weighted by atomic mass is 16.3. The van der Waals surface area contributed by atoms with Crippen LogP contribution in [0.5, 0.6) is 0 Å². The highest BCUT2D eigenvalue weighted by Gasteiger charge is 2.18. The molecule has 0 radical (unpaired) electrons. The normalized spacial score (nSPS) is 12.9. The van der Waals surface area contributed by atoms with Gasteiger partial charge in [0.1, 0.15) is 11.2 Å². The zero-order valence-electron chi connectivity index (χ0n) is 39.9. The molecule has 0 saturated carbocycles. The molecule has 4 heteroatoms. The molecule has 0 spiro atoms. The van der Waals surface area contributed by atoms with Crippen LogP contribution in [0.25, 0.3) is 89.9 Å². The Labute approximate surface area is 382 Å². The fourth-order valence-corrected chi connectivity index (χ4v) is 7.65. The molecule has 330 valence electrons. The van der Waals surface area contributed by atoms with E-state index < -0.39 is 0 Å². The average Bonchev–Trinajstić information content (AvgIpc) is 3.81. The van der Waals surface area contributed by atoms with Crippen LogP contribution in [-0.4, -0.2) is 9.55 Å². The number of fused-ring (bicyclic) bond motifs is 6. The summed E-state index contributed by atoms with van der Waals surface area (Å²) in [4.78, 5) is 17.2. The maximum absolute atomic E-state index is 13.8. The number of aromatic amines is 1. The lowest BCUT2D eigenvalue weighted by Gasteiger charge is -2.13. The van der Waals surface area contributed by atoms with E-state index in [4.69, 9.17) is 4.42 Å². The van der Waals surface area contributed by atoms with Crippen molar-refractivity contribution < 1.29 is 4.42 Å². The molecule has 0 amide bonds. The summed E-state index contributed by atoms with van der Waals surface area (Å²) in [6, 6.07) is 24.9. The molecule has 7 aromatic rings. The maximum Gasteiger partial charge on any atom is 0.200 e. The minimum atomic E-state index is -0.0224. The van der Waals surface area contributed by atoms with Gasteiger partial charge in [0.25, 0.3) is 0 Å². The SMILES string of the molecule is C=C/C=C\C=C/C.C=C/C=C\c1[nH]c2ccc(-c3ccc4c(=O)c5ccc(-c6ccc7c(c6)c6c(n7/C(=C/C)C/C=C\C)/C=C\CCC=C6)cc5oc4c3)cc2c1C.CC.CC.CC. The predicted octanol–water partition coefficient (Wildman–Crippen LogP) is 18.3. The van der Waals surface area contributed by atoms with Crippen molar-refractivity contribution in [1.29, 1.82) is 0 Å². The average molecular weight is 849 g/mol. The quantitative estimate of drug-likeness (QED) is 0.0894. The Morgan fingerprint density at radius 3 is 1.84 bits per heavy atom. The first kappa shape index (κ1) is 49.7. The molecule has 1 aliphatic carbocycles. The summed E-state index contributed by atoms with van der Waals surface area (Å²) in [7, 11) is 0. The Morgan fingerprint density at radius 2 is 1.25 bits per heavy atom. The summed E-state index contributed by atoms with van der Waals surface area (Å²) in [5, 5.41) is 3.52.